The number of amides is 2. The summed E-state index contributed by atoms with van der Waals surface area (Å²) in [5.74, 6) is -2.06. The van der Waals surface area contributed by atoms with Gasteiger partial charge in [0.1, 0.15) is 17.5 Å². The van der Waals surface area contributed by atoms with Crippen LogP contribution in [0.5, 0.6) is 0 Å². The number of ether oxygens (including phenoxy) is 2. The van der Waals surface area contributed by atoms with Crippen LogP contribution in [0.1, 0.15) is 46.6 Å². The van der Waals surface area contributed by atoms with Crippen LogP contribution in [-0.2, 0) is 25.5 Å². The number of carbonyl (C=O) groups is 3. The molecule has 0 aliphatic heterocycles. The molecule has 0 aromatic heterocycles. The van der Waals surface area contributed by atoms with Gasteiger partial charge in [-0.25, -0.2) is 14.0 Å². The van der Waals surface area contributed by atoms with E-state index in [1.807, 2.05) is 30.3 Å². The molecule has 0 unspecified atom stereocenters. The summed E-state index contributed by atoms with van der Waals surface area (Å²) in [6.07, 6.45) is 0.301. The lowest BCUT2D eigenvalue weighted by Gasteiger charge is -2.25. The van der Waals surface area contributed by atoms with Gasteiger partial charge in [-0.15, -0.1) is 0 Å². The minimum atomic E-state index is -0.941. The Labute approximate surface area is 183 Å². The molecule has 1 aromatic carbocycles. The molecule has 2 N–H and O–H groups in total. The molecule has 31 heavy (non-hydrogen) atoms. The number of hydrogen-bond acceptors (Lipinski definition) is 5. The quantitative estimate of drug-likeness (QED) is 0.576. The standard InChI is InChI=1S/C23H33FN2O5/c1-15(2)20(26-22(29)31-23(3,4)5)17(24)12-13-19(27)25-18(21(28)30-6)14-16-10-8-7-9-11-16/h7-12,15,18,20H,13-14H2,1-6H3,(H,25,27)(H,26,29)/b17-12-/t18-,20-/m0/s1. The van der Waals surface area contributed by atoms with Gasteiger partial charge in [0.05, 0.1) is 13.2 Å². The second kappa shape index (κ2) is 12.1. The van der Waals surface area contributed by atoms with E-state index in [1.54, 1.807) is 34.6 Å². The zero-order valence-corrected chi connectivity index (χ0v) is 19.0. The Morgan fingerprint density at radius 3 is 2.23 bits per heavy atom. The number of esters is 1. The molecule has 8 heteroatoms. The van der Waals surface area contributed by atoms with E-state index in [0.29, 0.717) is 0 Å². The Kier molecular flexibility index (Phi) is 10.2. The van der Waals surface area contributed by atoms with E-state index in [-0.39, 0.29) is 18.8 Å². The zero-order valence-electron chi connectivity index (χ0n) is 19.0. The highest BCUT2D eigenvalue weighted by molar-refractivity contribution is 5.85. The van der Waals surface area contributed by atoms with Crippen molar-refractivity contribution in [3.8, 4) is 0 Å². The van der Waals surface area contributed by atoms with Crippen molar-refractivity contribution in [3.63, 3.8) is 0 Å². The molecule has 0 saturated carbocycles. The number of rotatable bonds is 9. The van der Waals surface area contributed by atoms with Gasteiger partial charge < -0.3 is 20.1 Å². The number of methoxy groups -OCH3 is 1. The summed E-state index contributed by atoms with van der Waals surface area (Å²) >= 11 is 0. The lowest BCUT2D eigenvalue weighted by molar-refractivity contribution is -0.144. The first-order valence-corrected chi connectivity index (χ1v) is 10.2. The minimum absolute atomic E-state index is 0.250. The van der Waals surface area contributed by atoms with Crippen LogP contribution in [0.25, 0.3) is 0 Å². The van der Waals surface area contributed by atoms with Crippen molar-refractivity contribution < 1.29 is 28.2 Å². The van der Waals surface area contributed by atoms with Crippen molar-refractivity contribution in [1.82, 2.24) is 10.6 Å². The van der Waals surface area contributed by atoms with Crippen molar-refractivity contribution in [2.45, 2.75) is 65.1 Å². The first kappa shape index (κ1) is 26.1. The molecule has 1 aromatic rings. The number of benzene rings is 1. The Balaban J connectivity index is 2.77. The van der Waals surface area contributed by atoms with Crippen LogP contribution in [0.4, 0.5) is 9.18 Å². The number of hydrogen-bond donors (Lipinski definition) is 2. The fourth-order valence-corrected chi connectivity index (χ4v) is 2.74. The summed E-state index contributed by atoms with van der Waals surface area (Å²) in [6.45, 7) is 8.60. The topological polar surface area (TPSA) is 93.7 Å². The average Bonchev–Trinajstić information content (AvgIpc) is 2.68. The van der Waals surface area contributed by atoms with Gasteiger partial charge in [-0.1, -0.05) is 44.2 Å². The summed E-state index contributed by atoms with van der Waals surface area (Å²) in [5.41, 5.74) is 0.134. The SMILES string of the molecule is COC(=O)[C@H](Cc1ccccc1)NC(=O)C/C=C(\F)[C@@H](NC(=O)OC(C)(C)C)C(C)C. The van der Waals surface area contributed by atoms with Crippen LogP contribution < -0.4 is 10.6 Å². The molecule has 0 spiro atoms. The fraction of sp³-hybridized carbons (Fsp3) is 0.522. The molecule has 0 bridgehead atoms. The third-order valence-corrected chi connectivity index (χ3v) is 4.22. The molecule has 2 atom stereocenters. The molecule has 0 aliphatic carbocycles. The van der Waals surface area contributed by atoms with Crippen LogP contribution in [0, 0.1) is 5.92 Å². The molecular formula is C23H33FN2O5. The van der Waals surface area contributed by atoms with Crippen LogP contribution in [-0.4, -0.2) is 42.8 Å². The second-order valence-corrected chi connectivity index (χ2v) is 8.49. The third kappa shape index (κ3) is 10.1. The molecule has 0 saturated heterocycles. The molecule has 1 rings (SSSR count). The lowest BCUT2D eigenvalue weighted by Crippen LogP contribution is -2.43. The molecule has 2 amide bonds. The smallest absolute Gasteiger partial charge is 0.408 e. The van der Waals surface area contributed by atoms with E-state index in [0.717, 1.165) is 11.6 Å². The summed E-state index contributed by atoms with van der Waals surface area (Å²) in [6, 6.07) is 7.33. The van der Waals surface area contributed by atoms with E-state index in [9.17, 15) is 18.8 Å². The van der Waals surface area contributed by atoms with Crippen LogP contribution in [0.15, 0.2) is 42.2 Å². The number of alkyl carbamates (subject to hydrolysis) is 1. The van der Waals surface area contributed by atoms with Gasteiger partial charge in [0.15, 0.2) is 0 Å². The molecule has 0 aliphatic rings. The van der Waals surface area contributed by atoms with Gasteiger partial charge in [-0.2, -0.15) is 0 Å². The largest absolute Gasteiger partial charge is 0.467 e. The van der Waals surface area contributed by atoms with Gasteiger partial charge in [-0.05, 0) is 38.3 Å². The Hall–Kier alpha value is -2.90. The van der Waals surface area contributed by atoms with Crippen molar-refractivity contribution in [2.75, 3.05) is 7.11 Å². The van der Waals surface area contributed by atoms with Gasteiger partial charge in [0, 0.05) is 12.8 Å². The zero-order chi connectivity index (χ0) is 23.6. The molecule has 0 fully saturated rings. The highest BCUT2D eigenvalue weighted by Gasteiger charge is 2.25. The predicted molar refractivity (Wildman–Crippen MR) is 116 cm³/mol. The van der Waals surface area contributed by atoms with E-state index in [2.05, 4.69) is 10.6 Å². The van der Waals surface area contributed by atoms with E-state index >= 15 is 0 Å². The summed E-state index contributed by atoms with van der Waals surface area (Å²) < 4.78 is 24.6. The van der Waals surface area contributed by atoms with Crippen LogP contribution in [0.2, 0.25) is 0 Å². The lowest BCUT2D eigenvalue weighted by atomic mass is 10.0. The van der Waals surface area contributed by atoms with E-state index < -0.39 is 41.5 Å². The highest BCUT2D eigenvalue weighted by atomic mass is 19.1. The minimum Gasteiger partial charge on any atom is -0.467 e. The van der Waals surface area contributed by atoms with Crippen molar-refractivity contribution >= 4 is 18.0 Å². The molecule has 7 nitrogen and oxygen atoms in total. The summed E-state index contributed by atoms with van der Waals surface area (Å²) in [4.78, 5) is 36.3. The van der Waals surface area contributed by atoms with E-state index in [1.165, 1.54) is 7.11 Å². The number of carbonyl (C=O) groups excluding carboxylic acids is 3. The first-order chi connectivity index (χ1) is 14.4. The monoisotopic (exact) mass is 436 g/mol. The fourth-order valence-electron chi connectivity index (χ4n) is 2.74. The molecule has 0 radical (unpaired) electrons. The maximum atomic E-state index is 14.7. The first-order valence-electron chi connectivity index (χ1n) is 10.2. The maximum Gasteiger partial charge on any atom is 0.408 e. The summed E-state index contributed by atoms with van der Waals surface area (Å²) in [5, 5.41) is 5.06. The maximum absolute atomic E-state index is 14.7. The normalized spacial score (nSPS) is 13.9. The van der Waals surface area contributed by atoms with Crippen LogP contribution in [0.3, 0.4) is 0 Å². The molecular weight excluding hydrogens is 403 g/mol. The average molecular weight is 437 g/mol. The van der Waals surface area contributed by atoms with Crippen molar-refractivity contribution in [1.29, 1.82) is 0 Å². The molecule has 172 valence electrons. The summed E-state index contributed by atoms with van der Waals surface area (Å²) in [7, 11) is 1.24. The number of halogens is 1. The van der Waals surface area contributed by atoms with Crippen LogP contribution >= 0.6 is 0 Å². The van der Waals surface area contributed by atoms with E-state index in [4.69, 9.17) is 9.47 Å². The van der Waals surface area contributed by atoms with Gasteiger partial charge >= 0.3 is 12.1 Å². The van der Waals surface area contributed by atoms with Crippen molar-refractivity contribution in [3.05, 3.63) is 47.8 Å². The van der Waals surface area contributed by atoms with Gasteiger partial charge in [0.25, 0.3) is 0 Å². The molecule has 0 heterocycles. The third-order valence-electron chi connectivity index (χ3n) is 4.22. The van der Waals surface area contributed by atoms with Gasteiger partial charge in [-0.3, -0.25) is 4.79 Å². The Bertz CT molecular complexity index is 772. The Morgan fingerprint density at radius 1 is 1.10 bits per heavy atom. The Morgan fingerprint density at radius 2 is 1.71 bits per heavy atom. The van der Waals surface area contributed by atoms with Gasteiger partial charge in [0.2, 0.25) is 5.91 Å². The van der Waals surface area contributed by atoms with Crippen molar-refractivity contribution in [2.24, 2.45) is 5.92 Å². The highest BCUT2D eigenvalue weighted by Crippen LogP contribution is 2.16. The number of nitrogens with one attached hydrogen (secondary N) is 2. The second-order valence-electron chi connectivity index (χ2n) is 8.49. The predicted octanol–water partition coefficient (Wildman–Crippen LogP) is 3.68.